The van der Waals surface area contributed by atoms with E-state index >= 15 is 0 Å². The number of rotatable bonds is 6. The Morgan fingerprint density at radius 3 is 1.02 bits per heavy atom. The lowest BCUT2D eigenvalue weighted by Gasteiger charge is -2.22. The standard InChI is InChI=1S/2C24H18BrNO.ClH/c2*1-17-23(27)16-22(18-10-4-2-5-11-18)26(19-12-6-3-7-13-19)24(17)20-14-8-9-15-21(20)25;/h2*2-16H,1H3;1H. The highest BCUT2D eigenvalue weighted by Gasteiger charge is 2.20. The Morgan fingerprint density at radius 1 is 0.400 bits per heavy atom. The summed E-state index contributed by atoms with van der Waals surface area (Å²) in [5, 5.41) is 0. The van der Waals surface area contributed by atoms with Crippen molar-refractivity contribution < 1.29 is 0 Å². The molecular weight excluding hydrogens is 832 g/mol. The third-order valence-electron chi connectivity index (χ3n) is 9.34. The number of pyridine rings is 2. The fourth-order valence-electron chi connectivity index (χ4n) is 6.69. The normalized spacial score (nSPS) is 10.5. The van der Waals surface area contributed by atoms with Gasteiger partial charge in [0.25, 0.3) is 0 Å². The summed E-state index contributed by atoms with van der Waals surface area (Å²) >= 11 is 7.33. The summed E-state index contributed by atoms with van der Waals surface area (Å²) in [6, 6.07) is 59.9. The van der Waals surface area contributed by atoms with Crippen LogP contribution in [0.25, 0.3) is 56.4 Å². The first kappa shape index (κ1) is 39.2. The average molecular weight is 869 g/mol. The van der Waals surface area contributed by atoms with Gasteiger partial charge in [-0.3, -0.25) is 9.59 Å². The minimum atomic E-state index is 0. The van der Waals surface area contributed by atoms with Gasteiger partial charge >= 0.3 is 0 Å². The van der Waals surface area contributed by atoms with Crippen LogP contribution in [-0.4, -0.2) is 9.13 Å². The Labute approximate surface area is 344 Å². The lowest BCUT2D eigenvalue weighted by Crippen LogP contribution is -2.15. The second-order valence-electron chi connectivity index (χ2n) is 12.8. The molecular formula is C48H37Br2ClN2O2. The van der Waals surface area contributed by atoms with Crippen molar-refractivity contribution in [3.05, 3.63) is 223 Å². The molecule has 0 saturated carbocycles. The maximum absolute atomic E-state index is 12.9. The highest BCUT2D eigenvalue weighted by molar-refractivity contribution is 9.11. The van der Waals surface area contributed by atoms with Gasteiger partial charge in [0, 0.05) is 54.7 Å². The molecule has 0 N–H and O–H groups in total. The lowest BCUT2D eigenvalue weighted by atomic mass is 10.0. The van der Waals surface area contributed by atoms with E-state index in [2.05, 4.69) is 65.3 Å². The molecule has 2 heterocycles. The van der Waals surface area contributed by atoms with Crippen molar-refractivity contribution in [3.63, 3.8) is 0 Å². The van der Waals surface area contributed by atoms with Gasteiger partial charge in [0.05, 0.1) is 22.8 Å². The van der Waals surface area contributed by atoms with Crippen LogP contribution in [0.3, 0.4) is 0 Å². The van der Waals surface area contributed by atoms with Gasteiger partial charge in [0.2, 0.25) is 0 Å². The monoisotopic (exact) mass is 866 g/mol. The molecule has 0 bridgehead atoms. The molecule has 6 aromatic carbocycles. The predicted octanol–water partition coefficient (Wildman–Crippen LogP) is 12.9. The first-order valence-electron chi connectivity index (χ1n) is 17.6. The SMILES string of the molecule is Cc1c(-c2ccccc2Br)n(-c2ccccc2)c(-c2ccccc2)cc1=O.Cc1c(-c2ccccc2Br)n(-c2ccccc2)c(-c2ccccc2)cc1=O.Cl. The smallest absolute Gasteiger partial charge is 0.185 e. The summed E-state index contributed by atoms with van der Waals surface area (Å²) in [6.07, 6.45) is 0. The van der Waals surface area contributed by atoms with E-state index in [0.717, 1.165) is 76.5 Å². The number of benzene rings is 6. The van der Waals surface area contributed by atoms with Gasteiger partial charge in [-0.2, -0.15) is 0 Å². The van der Waals surface area contributed by atoms with Gasteiger partial charge in [-0.1, -0.05) is 165 Å². The molecule has 0 aliphatic rings. The van der Waals surface area contributed by atoms with Crippen LogP contribution in [0.2, 0.25) is 0 Å². The summed E-state index contributed by atoms with van der Waals surface area (Å²) in [7, 11) is 0. The molecule has 0 fully saturated rings. The largest absolute Gasteiger partial charge is 0.309 e. The Hall–Kier alpha value is -5.53. The van der Waals surface area contributed by atoms with Gasteiger partial charge in [-0.15, -0.1) is 12.4 Å². The van der Waals surface area contributed by atoms with Crippen LogP contribution in [0.4, 0.5) is 0 Å². The number of nitrogens with zero attached hydrogens (tertiary/aromatic N) is 2. The summed E-state index contributed by atoms with van der Waals surface area (Å²) in [6.45, 7) is 3.79. The van der Waals surface area contributed by atoms with E-state index in [1.807, 2.05) is 159 Å². The first-order valence-corrected chi connectivity index (χ1v) is 19.2. The predicted molar refractivity (Wildman–Crippen MR) is 238 cm³/mol. The van der Waals surface area contributed by atoms with E-state index in [-0.39, 0.29) is 23.3 Å². The van der Waals surface area contributed by atoms with Crippen LogP contribution in [0.15, 0.2) is 201 Å². The van der Waals surface area contributed by atoms with Crippen molar-refractivity contribution in [2.45, 2.75) is 13.8 Å². The highest BCUT2D eigenvalue weighted by atomic mass is 79.9. The highest BCUT2D eigenvalue weighted by Crippen LogP contribution is 2.36. The molecule has 7 heteroatoms. The Bertz CT molecular complexity index is 2490. The van der Waals surface area contributed by atoms with Crippen molar-refractivity contribution in [3.8, 4) is 56.4 Å². The summed E-state index contributed by atoms with van der Waals surface area (Å²) in [4.78, 5) is 25.7. The van der Waals surface area contributed by atoms with Crippen LogP contribution in [0.1, 0.15) is 11.1 Å². The Kier molecular flexibility index (Phi) is 12.6. The fourth-order valence-corrected chi connectivity index (χ4v) is 7.63. The van der Waals surface area contributed by atoms with Crippen LogP contribution in [-0.2, 0) is 0 Å². The lowest BCUT2D eigenvalue weighted by molar-refractivity contribution is 1.04. The molecule has 0 amide bonds. The number of hydrogen-bond donors (Lipinski definition) is 0. The van der Waals surface area contributed by atoms with Gasteiger partial charge in [0.15, 0.2) is 10.9 Å². The Balaban J connectivity index is 0.000000184. The molecule has 8 aromatic rings. The minimum Gasteiger partial charge on any atom is -0.309 e. The number of hydrogen-bond acceptors (Lipinski definition) is 2. The van der Waals surface area contributed by atoms with E-state index in [1.165, 1.54) is 0 Å². The second kappa shape index (κ2) is 17.7. The average Bonchev–Trinajstić information content (AvgIpc) is 3.22. The molecule has 0 spiro atoms. The molecule has 0 atom stereocenters. The van der Waals surface area contributed by atoms with Gasteiger partial charge in [-0.25, -0.2) is 0 Å². The molecule has 0 unspecified atom stereocenters. The van der Waals surface area contributed by atoms with Crippen LogP contribution >= 0.6 is 44.3 Å². The molecule has 0 radical (unpaired) electrons. The van der Waals surface area contributed by atoms with E-state index in [1.54, 1.807) is 12.1 Å². The molecule has 0 aliphatic carbocycles. The van der Waals surface area contributed by atoms with Crippen molar-refractivity contribution in [1.82, 2.24) is 9.13 Å². The third-order valence-corrected chi connectivity index (χ3v) is 10.7. The zero-order valence-corrected chi connectivity index (χ0v) is 34.2. The summed E-state index contributed by atoms with van der Waals surface area (Å²) in [5.74, 6) is 0. The molecule has 55 heavy (non-hydrogen) atoms. The molecule has 4 nitrogen and oxygen atoms in total. The van der Waals surface area contributed by atoms with Crippen molar-refractivity contribution in [1.29, 1.82) is 0 Å². The fraction of sp³-hybridized carbons (Fsp3) is 0.0417. The Morgan fingerprint density at radius 2 is 0.691 bits per heavy atom. The first-order chi connectivity index (χ1) is 26.3. The number of aromatic nitrogens is 2. The second-order valence-corrected chi connectivity index (χ2v) is 14.5. The molecule has 8 rings (SSSR count). The minimum absolute atomic E-state index is 0. The topological polar surface area (TPSA) is 44.0 Å². The quantitative estimate of drug-likeness (QED) is 0.167. The van der Waals surface area contributed by atoms with Crippen molar-refractivity contribution in [2.24, 2.45) is 0 Å². The van der Waals surface area contributed by atoms with E-state index in [0.29, 0.717) is 0 Å². The van der Waals surface area contributed by atoms with Gasteiger partial charge in [-0.05, 0) is 61.4 Å². The molecule has 0 saturated heterocycles. The summed E-state index contributed by atoms with van der Waals surface area (Å²) < 4.78 is 6.27. The number of para-hydroxylation sites is 2. The zero-order chi connectivity index (χ0) is 37.6. The number of halogens is 3. The zero-order valence-electron chi connectivity index (χ0n) is 30.2. The van der Waals surface area contributed by atoms with Crippen LogP contribution in [0, 0.1) is 13.8 Å². The van der Waals surface area contributed by atoms with Crippen LogP contribution in [0.5, 0.6) is 0 Å². The molecule has 272 valence electrons. The van der Waals surface area contributed by atoms with Gasteiger partial charge in [0.1, 0.15) is 0 Å². The van der Waals surface area contributed by atoms with Gasteiger partial charge < -0.3 is 9.13 Å². The molecule has 0 aliphatic heterocycles. The van der Waals surface area contributed by atoms with Crippen LogP contribution < -0.4 is 10.9 Å². The maximum atomic E-state index is 12.9. The summed E-state index contributed by atoms with van der Waals surface area (Å²) in [5.41, 5.74) is 11.1. The van der Waals surface area contributed by atoms with Crippen molar-refractivity contribution in [2.75, 3.05) is 0 Å². The third kappa shape index (κ3) is 8.27. The van der Waals surface area contributed by atoms with E-state index in [9.17, 15) is 9.59 Å². The van der Waals surface area contributed by atoms with E-state index in [4.69, 9.17) is 0 Å². The van der Waals surface area contributed by atoms with E-state index < -0.39 is 0 Å². The molecule has 2 aromatic heterocycles. The van der Waals surface area contributed by atoms with Crippen molar-refractivity contribution >= 4 is 44.3 Å². The maximum Gasteiger partial charge on any atom is 0.185 e.